The SMILES string of the molecule is CN(C)C1(CNC(=O)Nc2ccc3c(c2)CCC3)CCOCC1. The van der Waals surface area contributed by atoms with Crippen molar-refractivity contribution in [3.63, 3.8) is 0 Å². The van der Waals surface area contributed by atoms with Crippen molar-refractivity contribution in [1.29, 1.82) is 0 Å². The van der Waals surface area contributed by atoms with Gasteiger partial charge in [-0.05, 0) is 69.5 Å². The molecule has 1 aliphatic carbocycles. The molecule has 126 valence electrons. The van der Waals surface area contributed by atoms with Gasteiger partial charge in [0.1, 0.15) is 0 Å². The van der Waals surface area contributed by atoms with Crippen LogP contribution >= 0.6 is 0 Å². The highest BCUT2D eigenvalue weighted by Crippen LogP contribution is 2.26. The largest absolute Gasteiger partial charge is 0.381 e. The minimum Gasteiger partial charge on any atom is -0.381 e. The lowest BCUT2D eigenvalue weighted by atomic mass is 9.88. The molecule has 0 unspecified atom stereocenters. The Kier molecular flexibility index (Phi) is 4.87. The lowest BCUT2D eigenvalue weighted by Gasteiger charge is -2.42. The highest BCUT2D eigenvalue weighted by atomic mass is 16.5. The molecule has 2 amide bonds. The molecule has 0 bridgehead atoms. The molecule has 1 aromatic rings. The van der Waals surface area contributed by atoms with Crippen LogP contribution in [0.15, 0.2) is 18.2 Å². The van der Waals surface area contributed by atoms with E-state index in [0.717, 1.165) is 44.6 Å². The summed E-state index contributed by atoms with van der Waals surface area (Å²) < 4.78 is 5.47. The van der Waals surface area contributed by atoms with Crippen LogP contribution in [0.25, 0.3) is 0 Å². The molecule has 0 aromatic heterocycles. The van der Waals surface area contributed by atoms with Gasteiger partial charge in [-0.3, -0.25) is 0 Å². The van der Waals surface area contributed by atoms with Crippen molar-refractivity contribution >= 4 is 11.7 Å². The van der Waals surface area contributed by atoms with Crippen LogP contribution in [0.4, 0.5) is 10.5 Å². The fourth-order valence-electron chi connectivity index (χ4n) is 3.60. The number of anilines is 1. The summed E-state index contributed by atoms with van der Waals surface area (Å²) >= 11 is 0. The molecule has 3 rings (SSSR count). The van der Waals surface area contributed by atoms with E-state index in [9.17, 15) is 4.79 Å². The number of aryl methyl sites for hydroxylation is 2. The number of ether oxygens (including phenoxy) is 1. The van der Waals surface area contributed by atoms with Crippen LogP contribution in [0.3, 0.4) is 0 Å². The Hall–Kier alpha value is -1.59. The number of carbonyl (C=O) groups excluding carboxylic acids is 1. The van der Waals surface area contributed by atoms with Crippen LogP contribution < -0.4 is 10.6 Å². The van der Waals surface area contributed by atoms with E-state index in [4.69, 9.17) is 4.74 Å². The summed E-state index contributed by atoms with van der Waals surface area (Å²) in [5.74, 6) is 0. The highest BCUT2D eigenvalue weighted by molar-refractivity contribution is 5.89. The van der Waals surface area contributed by atoms with Crippen molar-refractivity contribution in [2.45, 2.75) is 37.6 Å². The molecule has 0 atom stereocenters. The first kappa shape index (κ1) is 16.3. The zero-order valence-electron chi connectivity index (χ0n) is 14.2. The van der Waals surface area contributed by atoms with Crippen LogP contribution in [0.2, 0.25) is 0 Å². The lowest BCUT2D eigenvalue weighted by Crippen LogP contribution is -2.56. The first-order valence-corrected chi connectivity index (χ1v) is 8.51. The average Bonchev–Trinajstić information content (AvgIpc) is 3.01. The van der Waals surface area contributed by atoms with Crippen LogP contribution in [-0.2, 0) is 17.6 Å². The lowest BCUT2D eigenvalue weighted by molar-refractivity contribution is -0.00553. The van der Waals surface area contributed by atoms with Crippen molar-refractivity contribution in [2.24, 2.45) is 0 Å². The maximum Gasteiger partial charge on any atom is 0.319 e. The van der Waals surface area contributed by atoms with Gasteiger partial charge in [0.25, 0.3) is 0 Å². The van der Waals surface area contributed by atoms with Gasteiger partial charge in [0.05, 0.1) is 0 Å². The Morgan fingerprint density at radius 1 is 1.22 bits per heavy atom. The Morgan fingerprint density at radius 2 is 1.96 bits per heavy atom. The summed E-state index contributed by atoms with van der Waals surface area (Å²) in [6.07, 6.45) is 5.39. The predicted molar refractivity (Wildman–Crippen MR) is 92.0 cm³/mol. The molecule has 2 aliphatic rings. The normalized spacial score (nSPS) is 19.4. The first-order chi connectivity index (χ1) is 11.1. The zero-order valence-corrected chi connectivity index (χ0v) is 14.2. The number of rotatable bonds is 4. The Bertz CT molecular complexity index is 565. The molecule has 23 heavy (non-hydrogen) atoms. The van der Waals surface area contributed by atoms with Gasteiger partial charge in [0, 0.05) is 31.0 Å². The number of amides is 2. The van der Waals surface area contributed by atoms with Gasteiger partial charge in [0.15, 0.2) is 0 Å². The second-order valence-corrected chi connectivity index (χ2v) is 6.88. The van der Waals surface area contributed by atoms with Gasteiger partial charge in [0.2, 0.25) is 0 Å². The summed E-state index contributed by atoms with van der Waals surface area (Å²) in [6.45, 7) is 2.15. The van der Waals surface area contributed by atoms with E-state index < -0.39 is 0 Å². The minimum absolute atomic E-state index is 0.00642. The van der Waals surface area contributed by atoms with E-state index in [1.807, 2.05) is 6.07 Å². The van der Waals surface area contributed by atoms with Crippen LogP contribution in [-0.4, -0.2) is 50.3 Å². The van der Waals surface area contributed by atoms with Gasteiger partial charge in [-0.25, -0.2) is 4.79 Å². The van der Waals surface area contributed by atoms with Crippen molar-refractivity contribution < 1.29 is 9.53 Å². The third kappa shape index (κ3) is 3.67. The standard InChI is InChI=1S/C18H27N3O2/c1-21(2)18(8-10-23-11-9-18)13-19-17(22)20-16-7-6-14-4-3-5-15(14)12-16/h6-7,12H,3-5,8-11,13H2,1-2H3,(H2,19,20,22). The second-order valence-electron chi connectivity index (χ2n) is 6.88. The number of carbonyl (C=O) groups is 1. The molecule has 1 aliphatic heterocycles. The topological polar surface area (TPSA) is 53.6 Å². The third-order valence-electron chi connectivity index (χ3n) is 5.31. The molecule has 1 fully saturated rings. The Labute approximate surface area is 138 Å². The van der Waals surface area contributed by atoms with Gasteiger partial charge in [-0.15, -0.1) is 0 Å². The number of nitrogens with one attached hydrogen (secondary N) is 2. The fourth-order valence-corrected chi connectivity index (χ4v) is 3.60. The highest BCUT2D eigenvalue weighted by Gasteiger charge is 2.35. The maximum absolute atomic E-state index is 12.2. The minimum atomic E-state index is -0.129. The van der Waals surface area contributed by atoms with E-state index in [1.165, 1.54) is 17.5 Å². The van der Waals surface area contributed by atoms with Gasteiger partial charge in [-0.1, -0.05) is 6.07 Å². The number of hydrogen-bond acceptors (Lipinski definition) is 3. The summed E-state index contributed by atoms with van der Waals surface area (Å²) in [4.78, 5) is 14.5. The number of likely N-dealkylation sites (N-methyl/N-ethyl adjacent to an activating group) is 1. The van der Waals surface area contributed by atoms with Crippen molar-refractivity contribution in [3.8, 4) is 0 Å². The molecule has 1 aromatic carbocycles. The van der Waals surface area contributed by atoms with E-state index in [-0.39, 0.29) is 11.6 Å². The molecular formula is C18H27N3O2. The monoisotopic (exact) mass is 317 g/mol. The fraction of sp³-hybridized carbons (Fsp3) is 0.611. The Balaban J connectivity index is 1.56. The summed E-state index contributed by atoms with van der Waals surface area (Å²) in [7, 11) is 4.15. The average molecular weight is 317 g/mol. The van der Waals surface area contributed by atoms with Gasteiger partial charge in [-0.2, -0.15) is 0 Å². The first-order valence-electron chi connectivity index (χ1n) is 8.51. The molecule has 0 radical (unpaired) electrons. The van der Waals surface area contributed by atoms with Gasteiger partial charge < -0.3 is 20.3 Å². The number of fused-ring (bicyclic) bond motifs is 1. The maximum atomic E-state index is 12.2. The number of urea groups is 1. The van der Waals surface area contributed by atoms with E-state index >= 15 is 0 Å². The quantitative estimate of drug-likeness (QED) is 0.896. The summed E-state index contributed by atoms with van der Waals surface area (Å²) in [5.41, 5.74) is 3.67. The molecule has 0 saturated carbocycles. The zero-order chi connectivity index (χ0) is 16.3. The second kappa shape index (κ2) is 6.89. The van der Waals surface area contributed by atoms with Crippen molar-refractivity contribution in [3.05, 3.63) is 29.3 Å². The van der Waals surface area contributed by atoms with Crippen LogP contribution in [0.5, 0.6) is 0 Å². The predicted octanol–water partition coefficient (Wildman–Crippen LogP) is 2.41. The van der Waals surface area contributed by atoms with Gasteiger partial charge >= 0.3 is 6.03 Å². The molecular weight excluding hydrogens is 290 g/mol. The van der Waals surface area contributed by atoms with E-state index in [1.54, 1.807) is 0 Å². The van der Waals surface area contributed by atoms with E-state index in [2.05, 4.69) is 41.8 Å². The van der Waals surface area contributed by atoms with E-state index in [0.29, 0.717) is 6.54 Å². The summed E-state index contributed by atoms with van der Waals surface area (Å²) in [6, 6.07) is 6.12. The Morgan fingerprint density at radius 3 is 2.70 bits per heavy atom. The number of hydrogen-bond donors (Lipinski definition) is 2. The van der Waals surface area contributed by atoms with Crippen molar-refractivity contribution in [2.75, 3.05) is 39.2 Å². The molecule has 0 spiro atoms. The van der Waals surface area contributed by atoms with Crippen LogP contribution in [0.1, 0.15) is 30.4 Å². The number of nitrogens with zero attached hydrogens (tertiary/aromatic N) is 1. The number of benzene rings is 1. The van der Waals surface area contributed by atoms with Crippen LogP contribution in [0, 0.1) is 0 Å². The smallest absolute Gasteiger partial charge is 0.319 e. The van der Waals surface area contributed by atoms with Crippen molar-refractivity contribution in [1.82, 2.24) is 10.2 Å². The molecule has 1 saturated heterocycles. The molecule has 5 nitrogen and oxygen atoms in total. The summed E-state index contributed by atoms with van der Waals surface area (Å²) in [5, 5.41) is 6.01. The molecule has 2 N–H and O–H groups in total. The molecule has 1 heterocycles. The third-order valence-corrected chi connectivity index (χ3v) is 5.31. The molecule has 5 heteroatoms.